The summed E-state index contributed by atoms with van der Waals surface area (Å²) in [6.45, 7) is 3.17. The van der Waals surface area contributed by atoms with Crippen molar-refractivity contribution in [2.45, 2.75) is 24.3 Å². The van der Waals surface area contributed by atoms with Gasteiger partial charge in [-0.15, -0.1) is 0 Å². The fraction of sp³-hybridized carbons (Fsp3) is 0.538. The van der Waals surface area contributed by atoms with Crippen LogP contribution in [0, 0.1) is 18.8 Å². The average Bonchev–Trinajstić information content (AvgIpc) is 2.67. The molecule has 4 nitrogen and oxygen atoms in total. The van der Waals surface area contributed by atoms with Gasteiger partial charge in [0.1, 0.15) is 0 Å². The molecule has 3 unspecified atom stereocenters. The first-order valence-corrected chi connectivity index (χ1v) is 7.75. The molecule has 0 bridgehead atoms. The van der Waals surface area contributed by atoms with Crippen molar-refractivity contribution in [1.82, 2.24) is 4.31 Å². The molecule has 1 aliphatic heterocycles. The van der Waals surface area contributed by atoms with E-state index in [4.69, 9.17) is 5.73 Å². The maximum Gasteiger partial charge on any atom is 0.243 e. The van der Waals surface area contributed by atoms with E-state index in [-0.39, 0.29) is 6.04 Å². The SMILES string of the molecule is Cc1ccc(S(=O)(=O)N2CC3CC(N)C3C2)cc1. The molecule has 3 rings (SSSR count). The van der Waals surface area contributed by atoms with E-state index in [0.717, 1.165) is 12.0 Å². The van der Waals surface area contributed by atoms with Gasteiger partial charge in [0, 0.05) is 19.1 Å². The van der Waals surface area contributed by atoms with Crippen molar-refractivity contribution >= 4 is 10.0 Å². The predicted octanol–water partition coefficient (Wildman–Crippen LogP) is 0.963. The van der Waals surface area contributed by atoms with Crippen LogP contribution in [0.4, 0.5) is 0 Å². The van der Waals surface area contributed by atoms with E-state index in [1.165, 1.54) is 0 Å². The minimum Gasteiger partial charge on any atom is -0.327 e. The van der Waals surface area contributed by atoms with E-state index in [1.807, 2.05) is 19.1 Å². The van der Waals surface area contributed by atoms with Gasteiger partial charge in [-0.2, -0.15) is 4.31 Å². The lowest BCUT2D eigenvalue weighted by molar-refractivity contribution is 0.194. The Balaban J connectivity index is 1.85. The van der Waals surface area contributed by atoms with Crippen molar-refractivity contribution in [2.75, 3.05) is 13.1 Å². The molecule has 98 valence electrons. The highest BCUT2D eigenvalue weighted by Crippen LogP contribution is 2.41. The number of sulfonamides is 1. The third-order valence-corrected chi connectivity index (χ3v) is 6.09. The van der Waals surface area contributed by atoms with E-state index in [1.54, 1.807) is 16.4 Å². The number of nitrogens with two attached hydrogens (primary N) is 1. The normalized spacial score (nSPS) is 32.0. The molecule has 2 aliphatic rings. The van der Waals surface area contributed by atoms with Crippen LogP contribution in [-0.2, 0) is 10.0 Å². The second-order valence-electron chi connectivity index (χ2n) is 5.46. The number of hydrogen-bond donors (Lipinski definition) is 1. The van der Waals surface area contributed by atoms with Gasteiger partial charge in [-0.3, -0.25) is 0 Å². The molecule has 0 spiro atoms. The maximum atomic E-state index is 12.5. The molecule has 1 heterocycles. The third-order valence-electron chi connectivity index (χ3n) is 4.24. The summed E-state index contributed by atoms with van der Waals surface area (Å²) in [6.07, 6.45) is 0.963. The second kappa shape index (κ2) is 4.05. The van der Waals surface area contributed by atoms with Crippen LogP contribution in [0.25, 0.3) is 0 Å². The van der Waals surface area contributed by atoms with Gasteiger partial charge in [0.15, 0.2) is 0 Å². The molecule has 3 atom stereocenters. The number of aryl methyl sites for hydroxylation is 1. The lowest BCUT2D eigenvalue weighted by Crippen LogP contribution is -2.46. The molecule has 0 radical (unpaired) electrons. The van der Waals surface area contributed by atoms with Crippen molar-refractivity contribution < 1.29 is 8.42 Å². The third kappa shape index (κ3) is 1.77. The number of hydrogen-bond acceptors (Lipinski definition) is 3. The Morgan fingerprint density at radius 1 is 1.22 bits per heavy atom. The van der Waals surface area contributed by atoms with Crippen LogP contribution in [0.1, 0.15) is 12.0 Å². The molecule has 5 heteroatoms. The van der Waals surface area contributed by atoms with Gasteiger partial charge in [-0.05, 0) is 37.3 Å². The standard InChI is InChI=1S/C13H18N2O2S/c1-9-2-4-11(5-3-9)18(16,17)15-7-10-6-13(14)12(10)8-15/h2-5,10,12-13H,6-8,14H2,1H3. The predicted molar refractivity (Wildman–Crippen MR) is 69.5 cm³/mol. The lowest BCUT2D eigenvalue weighted by Gasteiger charge is -2.36. The summed E-state index contributed by atoms with van der Waals surface area (Å²) in [5.74, 6) is 0.838. The lowest BCUT2D eigenvalue weighted by atomic mass is 9.72. The first kappa shape index (κ1) is 12.1. The Morgan fingerprint density at radius 2 is 1.89 bits per heavy atom. The molecule has 0 aromatic heterocycles. The van der Waals surface area contributed by atoms with Gasteiger partial charge < -0.3 is 5.73 Å². The summed E-state index contributed by atoms with van der Waals surface area (Å²) in [5, 5.41) is 0. The molecule has 1 aromatic carbocycles. The van der Waals surface area contributed by atoms with Crippen molar-refractivity contribution in [3.05, 3.63) is 29.8 Å². The molecule has 2 N–H and O–H groups in total. The first-order valence-electron chi connectivity index (χ1n) is 6.31. The maximum absolute atomic E-state index is 12.5. The van der Waals surface area contributed by atoms with Gasteiger partial charge in [0.2, 0.25) is 10.0 Å². The summed E-state index contributed by atoms with van der Waals surface area (Å²) in [7, 11) is -3.33. The van der Waals surface area contributed by atoms with Crippen LogP contribution in [0.5, 0.6) is 0 Å². The van der Waals surface area contributed by atoms with E-state index < -0.39 is 10.0 Å². The zero-order chi connectivity index (χ0) is 12.9. The molecule has 1 aromatic rings. The minimum absolute atomic E-state index is 0.188. The minimum atomic E-state index is -3.33. The van der Waals surface area contributed by atoms with E-state index in [2.05, 4.69) is 0 Å². The van der Waals surface area contributed by atoms with E-state index in [0.29, 0.717) is 29.8 Å². The first-order chi connectivity index (χ1) is 8.48. The Labute approximate surface area is 108 Å². The van der Waals surface area contributed by atoms with E-state index in [9.17, 15) is 8.42 Å². The molecule has 18 heavy (non-hydrogen) atoms. The van der Waals surface area contributed by atoms with Gasteiger partial charge in [-0.25, -0.2) is 8.42 Å². The van der Waals surface area contributed by atoms with Gasteiger partial charge in [0.05, 0.1) is 4.90 Å². The van der Waals surface area contributed by atoms with Crippen LogP contribution in [0.15, 0.2) is 29.2 Å². The topological polar surface area (TPSA) is 63.4 Å². The molecule has 0 amide bonds. The zero-order valence-corrected chi connectivity index (χ0v) is 11.2. The number of benzene rings is 1. The largest absolute Gasteiger partial charge is 0.327 e. The smallest absolute Gasteiger partial charge is 0.243 e. The Kier molecular flexibility index (Phi) is 2.73. The van der Waals surface area contributed by atoms with Crippen molar-refractivity contribution in [1.29, 1.82) is 0 Å². The molecule has 2 fully saturated rings. The summed E-state index contributed by atoms with van der Waals surface area (Å²) in [4.78, 5) is 0.392. The summed E-state index contributed by atoms with van der Waals surface area (Å²) in [6, 6.07) is 7.23. The quantitative estimate of drug-likeness (QED) is 0.867. The van der Waals surface area contributed by atoms with Crippen LogP contribution >= 0.6 is 0 Å². The highest BCUT2D eigenvalue weighted by Gasteiger charge is 2.48. The monoisotopic (exact) mass is 266 g/mol. The molecule has 1 saturated heterocycles. The van der Waals surface area contributed by atoms with Gasteiger partial charge in [-0.1, -0.05) is 17.7 Å². The van der Waals surface area contributed by atoms with E-state index >= 15 is 0 Å². The average molecular weight is 266 g/mol. The second-order valence-corrected chi connectivity index (χ2v) is 7.40. The van der Waals surface area contributed by atoms with Crippen LogP contribution in [-0.4, -0.2) is 31.9 Å². The van der Waals surface area contributed by atoms with Crippen LogP contribution in [0.3, 0.4) is 0 Å². The number of nitrogens with zero attached hydrogens (tertiary/aromatic N) is 1. The van der Waals surface area contributed by atoms with Crippen molar-refractivity contribution in [3.63, 3.8) is 0 Å². The van der Waals surface area contributed by atoms with Gasteiger partial charge >= 0.3 is 0 Å². The molecule has 1 saturated carbocycles. The Bertz CT molecular complexity index is 553. The molecular weight excluding hydrogens is 248 g/mol. The highest BCUT2D eigenvalue weighted by atomic mass is 32.2. The summed E-state index contributed by atoms with van der Waals surface area (Å²) in [5.41, 5.74) is 6.97. The highest BCUT2D eigenvalue weighted by molar-refractivity contribution is 7.89. The molecular formula is C13H18N2O2S. The summed E-state index contributed by atoms with van der Waals surface area (Å²) >= 11 is 0. The van der Waals surface area contributed by atoms with Gasteiger partial charge in [0.25, 0.3) is 0 Å². The number of fused-ring (bicyclic) bond motifs is 1. The van der Waals surface area contributed by atoms with Crippen molar-refractivity contribution in [3.8, 4) is 0 Å². The number of rotatable bonds is 2. The molecule has 1 aliphatic carbocycles. The van der Waals surface area contributed by atoms with Crippen LogP contribution in [0.2, 0.25) is 0 Å². The fourth-order valence-electron chi connectivity index (χ4n) is 2.97. The Morgan fingerprint density at radius 3 is 2.44 bits per heavy atom. The zero-order valence-electron chi connectivity index (χ0n) is 10.4. The fourth-order valence-corrected chi connectivity index (χ4v) is 4.51. The van der Waals surface area contributed by atoms with Crippen LogP contribution < -0.4 is 5.73 Å². The van der Waals surface area contributed by atoms with Crippen molar-refractivity contribution in [2.24, 2.45) is 17.6 Å². The summed E-state index contributed by atoms with van der Waals surface area (Å²) < 4.78 is 26.5. The Hall–Kier alpha value is -0.910.